The number of alkyl halides is 3. The molecule has 1 N–H and O–H groups in total. The van der Waals surface area contributed by atoms with E-state index in [1.54, 1.807) is 11.8 Å². The smallest absolute Gasteiger partial charge is 0.383 e. The molecule has 2 unspecified atom stereocenters. The van der Waals surface area contributed by atoms with Crippen molar-refractivity contribution in [3.63, 3.8) is 0 Å². The standard InChI is InChI=1S/C13H21F3N2O2S/c1-20-6-5-18(10-2-7-21-8-10)11(19)12(13(14,15)16)3-4-17-9-12/h10,17H,2-9H2,1H3. The zero-order valence-corrected chi connectivity index (χ0v) is 12.9. The van der Waals surface area contributed by atoms with E-state index in [2.05, 4.69) is 5.32 Å². The van der Waals surface area contributed by atoms with Gasteiger partial charge in [0.2, 0.25) is 5.91 Å². The van der Waals surface area contributed by atoms with Gasteiger partial charge in [-0.25, -0.2) is 0 Å². The van der Waals surface area contributed by atoms with Crippen molar-refractivity contribution in [2.24, 2.45) is 5.41 Å². The Morgan fingerprint density at radius 2 is 2.29 bits per heavy atom. The van der Waals surface area contributed by atoms with Crippen molar-refractivity contribution in [1.29, 1.82) is 0 Å². The van der Waals surface area contributed by atoms with Crippen molar-refractivity contribution in [1.82, 2.24) is 10.2 Å². The lowest BCUT2D eigenvalue weighted by Gasteiger charge is -2.38. The first-order chi connectivity index (χ1) is 9.92. The summed E-state index contributed by atoms with van der Waals surface area (Å²) in [7, 11) is 1.49. The minimum Gasteiger partial charge on any atom is -0.383 e. The highest BCUT2D eigenvalue weighted by Gasteiger charge is 2.62. The third-order valence-electron chi connectivity index (χ3n) is 4.25. The van der Waals surface area contributed by atoms with Crippen LogP contribution in [0.5, 0.6) is 0 Å². The van der Waals surface area contributed by atoms with Crippen molar-refractivity contribution in [2.75, 3.05) is 44.9 Å². The van der Waals surface area contributed by atoms with Gasteiger partial charge in [-0.15, -0.1) is 0 Å². The molecule has 21 heavy (non-hydrogen) atoms. The molecule has 0 bridgehead atoms. The quantitative estimate of drug-likeness (QED) is 0.832. The lowest BCUT2D eigenvalue weighted by Crippen LogP contribution is -2.56. The average molecular weight is 326 g/mol. The number of hydrogen-bond acceptors (Lipinski definition) is 4. The summed E-state index contributed by atoms with van der Waals surface area (Å²) in [6.45, 7) is 0.383. The highest BCUT2D eigenvalue weighted by molar-refractivity contribution is 7.99. The molecule has 122 valence electrons. The number of nitrogens with one attached hydrogen (secondary N) is 1. The Morgan fingerprint density at radius 3 is 2.76 bits per heavy atom. The summed E-state index contributed by atoms with van der Waals surface area (Å²) < 4.78 is 45.5. The van der Waals surface area contributed by atoms with Gasteiger partial charge in [-0.1, -0.05) is 0 Å². The fraction of sp³-hybridized carbons (Fsp3) is 0.923. The molecule has 8 heteroatoms. The number of nitrogens with zero attached hydrogens (tertiary/aromatic N) is 1. The molecule has 4 nitrogen and oxygen atoms in total. The van der Waals surface area contributed by atoms with Gasteiger partial charge in [-0.2, -0.15) is 24.9 Å². The Labute approximate surface area is 126 Å². The average Bonchev–Trinajstić information content (AvgIpc) is 3.10. The molecule has 2 heterocycles. The molecule has 2 fully saturated rings. The predicted octanol–water partition coefficient (Wildman–Crippen LogP) is 1.51. The van der Waals surface area contributed by atoms with Crippen molar-refractivity contribution in [3.05, 3.63) is 0 Å². The zero-order valence-electron chi connectivity index (χ0n) is 12.0. The van der Waals surface area contributed by atoms with E-state index in [-0.39, 0.29) is 38.7 Å². The molecule has 2 atom stereocenters. The van der Waals surface area contributed by atoms with E-state index in [0.717, 1.165) is 12.2 Å². The highest BCUT2D eigenvalue weighted by atomic mass is 32.2. The van der Waals surface area contributed by atoms with Crippen LogP contribution in [0.1, 0.15) is 12.8 Å². The molecular formula is C13H21F3N2O2S. The SMILES string of the molecule is COCCN(C(=O)C1(C(F)(F)F)CCNC1)C1CCSC1. The molecule has 2 rings (SSSR count). The largest absolute Gasteiger partial charge is 0.404 e. The predicted molar refractivity (Wildman–Crippen MR) is 75.3 cm³/mol. The number of methoxy groups -OCH3 is 1. The van der Waals surface area contributed by atoms with E-state index in [0.29, 0.717) is 5.75 Å². The Morgan fingerprint density at radius 1 is 1.52 bits per heavy atom. The molecule has 0 radical (unpaired) electrons. The zero-order chi connectivity index (χ0) is 15.5. The summed E-state index contributed by atoms with van der Waals surface area (Å²) in [6, 6.07) is -0.113. The maximum Gasteiger partial charge on any atom is 0.404 e. The minimum atomic E-state index is -4.52. The summed E-state index contributed by atoms with van der Waals surface area (Å²) in [6.07, 6.45) is -3.95. The first-order valence-corrected chi connectivity index (χ1v) is 8.23. The van der Waals surface area contributed by atoms with Crippen LogP contribution in [-0.2, 0) is 9.53 Å². The molecule has 0 aromatic rings. The summed E-state index contributed by atoms with van der Waals surface area (Å²) in [5.74, 6) is 0.805. The van der Waals surface area contributed by atoms with Crippen LogP contribution >= 0.6 is 11.8 Å². The molecule has 0 aromatic carbocycles. The fourth-order valence-corrected chi connectivity index (χ4v) is 4.14. The Bertz CT molecular complexity index is 367. The van der Waals surface area contributed by atoms with Gasteiger partial charge in [-0.05, 0) is 25.1 Å². The van der Waals surface area contributed by atoms with E-state index in [1.807, 2.05) is 0 Å². The van der Waals surface area contributed by atoms with E-state index in [4.69, 9.17) is 4.74 Å². The second kappa shape index (κ2) is 6.75. The van der Waals surface area contributed by atoms with Crippen LogP contribution in [0.15, 0.2) is 0 Å². The van der Waals surface area contributed by atoms with E-state index in [1.165, 1.54) is 12.0 Å². The monoisotopic (exact) mass is 326 g/mol. The summed E-state index contributed by atoms with van der Waals surface area (Å²) in [5, 5.41) is 2.70. The molecule has 2 saturated heterocycles. The van der Waals surface area contributed by atoms with Crippen LogP contribution in [0.25, 0.3) is 0 Å². The molecular weight excluding hydrogens is 305 g/mol. The number of halogens is 3. The topological polar surface area (TPSA) is 41.6 Å². The number of amides is 1. The van der Waals surface area contributed by atoms with Gasteiger partial charge in [0.25, 0.3) is 0 Å². The molecule has 0 aliphatic carbocycles. The molecule has 2 aliphatic rings. The first-order valence-electron chi connectivity index (χ1n) is 7.07. The summed E-state index contributed by atoms with van der Waals surface area (Å²) in [5.41, 5.74) is -2.27. The van der Waals surface area contributed by atoms with Crippen molar-refractivity contribution in [2.45, 2.75) is 25.1 Å². The Hall–Kier alpha value is -0.470. The van der Waals surface area contributed by atoms with Gasteiger partial charge < -0.3 is 15.0 Å². The summed E-state index contributed by atoms with van der Waals surface area (Å²) in [4.78, 5) is 14.1. The normalized spacial score (nSPS) is 29.8. The van der Waals surface area contributed by atoms with E-state index >= 15 is 0 Å². The van der Waals surface area contributed by atoms with Crippen molar-refractivity contribution in [3.8, 4) is 0 Å². The van der Waals surface area contributed by atoms with Gasteiger partial charge in [0, 0.05) is 32.0 Å². The van der Waals surface area contributed by atoms with Gasteiger partial charge in [-0.3, -0.25) is 4.79 Å². The van der Waals surface area contributed by atoms with Gasteiger partial charge in [0.15, 0.2) is 5.41 Å². The molecule has 0 spiro atoms. The van der Waals surface area contributed by atoms with Gasteiger partial charge >= 0.3 is 6.18 Å². The second-order valence-electron chi connectivity index (χ2n) is 5.52. The molecule has 0 aromatic heterocycles. The highest BCUT2D eigenvalue weighted by Crippen LogP contribution is 2.45. The maximum atomic E-state index is 13.5. The number of thioether (sulfide) groups is 1. The van der Waals surface area contributed by atoms with Crippen molar-refractivity contribution < 1.29 is 22.7 Å². The number of carbonyl (C=O) groups excluding carboxylic acids is 1. The first kappa shape index (κ1) is 16.9. The minimum absolute atomic E-state index is 0.113. The number of ether oxygens (including phenoxy) is 1. The molecule has 2 aliphatic heterocycles. The van der Waals surface area contributed by atoms with Gasteiger partial charge in [0.1, 0.15) is 0 Å². The third-order valence-corrected chi connectivity index (χ3v) is 5.40. The van der Waals surface area contributed by atoms with Gasteiger partial charge in [0.05, 0.1) is 6.61 Å². The lowest BCUT2D eigenvalue weighted by atomic mass is 9.84. The van der Waals surface area contributed by atoms with Crippen LogP contribution < -0.4 is 5.32 Å². The molecule has 1 amide bonds. The van der Waals surface area contributed by atoms with Crippen LogP contribution in [0.4, 0.5) is 13.2 Å². The third kappa shape index (κ3) is 3.32. The van der Waals surface area contributed by atoms with Crippen LogP contribution in [-0.4, -0.2) is 67.9 Å². The lowest BCUT2D eigenvalue weighted by molar-refractivity contribution is -0.222. The molecule has 0 saturated carbocycles. The van der Waals surface area contributed by atoms with Crippen LogP contribution in [0.3, 0.4) is 0 Å². The number of carbonyl (C=O) groups is 1. The Balaban J connectivity index is 2.22. The number of hydrogen-bond donors (Lipinski definition) is 1. The second-order valence-corrected chi connectivity index (χ2v) is 6.67. The van der Waals surface area contributed by atoms with Crippen LogP contribution in [0, 0.1) is 5.41 Å². The number of rotatable bonds is 5. The Kier molecular flexibility index (Phi) is 5.43. The van der Waals surface area contributed by atoms with Crippen LogP contribution in [0.2, 0.25) is 0 Å². The van der Waals surface area contributed by atoms with Crippen molar-refractivity contribution >= 4 is 17.7 Å². The summed E-state index contributed by atoms with van der Waals surface area (Å²) >= 11 is 1.68. The van der Waals surface area contributed by atoms with E-state index < -0.39 is 17.5 Å². The van der Waals surface area contributed by atoms with E-state index in [9.17, 15) is 18.0 Å². The maximum absolute atomic E-state index is 13.5. The fourth-order valence-electron chi connectivity index (χ4n) is 2.92.